The van der Waals surface area contributed by atoms with Gasteiger partial charge in [-0.1, -0.05) is 36.8 Å². The standard InChI is InChI=1S/C23H37N5O.HI/c1-3-24-23(26-14-8-13-25-22(29)20-11-7-12-20)27-21-15-18(2)28(17-21)16-19-9-5-4-6-10-19;/h4-6,9-10,18,20-21H,3,7-8,11-17H2,1-2H3,(H,25,29)(H2,24,26,27);1H. The lowest BCUT2D eigenvalue weighted by Crippen LogP contribution is -2.44. The van der Waals surface area contributed by atoms with Crippen molar-refractivity contribution in [2.45, 2.75) is 64.6 Å². The Morgan fingerprint density at radius 2 is 1.97 bits per heavy atom. The van der Waals surface area contributed by atoms with E-state index >= 15 is 0 Å². The highest BCUT2D eigenvalue weighted by atomic mass is 127. The lowest BCUT2D eigenvalue weighted by Gasteiger charge is -2.23. The van der Waals surface area contributed by atoms with Gasteiger partial charge in [-0.05, 0) is 45.1 Å². The highest BCUT2D eigenvalue weighted by Gasteiger charge is 2.29. The van der Waals surface area contributed by atoms with Gasteiger partial charge in [0.1, 0.15) is 0 Å². The van der Waals surface area contributed by atoms with E-state index in [0.29, 0.717) is 18.6 Å². The molecule has 2 aliphatic rings. The van der Waals surface area contributed by atoms with E-state index in [1.54, 1.807) is 0 Å². The molecule has 1 heterocycles. The maximum Gasteiger partial charge on any atom is 0.223 e. The monoisotopic (exact) mass is 527 g/mol. The lowest BCUT2D eigenvalue weighted by atomic mass is 9.85. The van der Waals surface area contributed by atoms with Gasteiger partial charge in [0.25, 0.3) is 0 Å². The first-order chi connectivity index (χ1) is 14.2. The first-order valence-electron chi connectivity index (χ1n) is 11.3. The van der Waals surface area contributed by atoms with Gasteiger partial charge >= 0.3 is 0 Å². The molecule has 1 aromatic rings. The second-order valence-electron chi connectivity index (χ2n) is 8.37. The number of amides is 1. The Morgan fingerprint density at radius 1 is 1.20 bits per heavy atom. The summed E-state index contributed by atoms with van der Waals surface area (Å²) in [6, 6.07) is 11.6. The highest BCUT2D eigenvalue weighted by molar-refractivity contribution is 14.0. The predicted octanol–water partition coefficient (Wildman–Crippen LogP) is 3.13. The Morgan fingerprint density at radius 3 is 2.63 bits per heavy atom. The number of nitrogens with one attached hydrogen (secondary N) is 3. The maximum atomic E-state index is 11.9. The molecule has 3 N–H and O–H groups in total. The van der Waals surface area contributed by atoms with Crippen molar-refractivity contribution < 1.29 is 4.79 Å². The van der Waals surface area contributed by atoms with Crippen LogP contribution in [-0.4, -0.2) is 55.0 Å². The molecule has 1 saturated carbocycles. The maximum absolute atomic E-state index is 11.9. The van der Waals surface area contributed by atoms with Crippen LogP contribution in [0.3, 0.4) is 0 Å². The number of nitrogens with zero attached hydrogens (tertiary/aromatic N) is 2. The number of hydrogen-bond donors (Lipinski definition) is 3. The minimum atomic E-state index is 0. The number of aliphatic imine (C=N–C) groups is 1. The summed E-state index contributed by atoms with van der Waals surface area (Å²) in [7, 11) is 0. The third-order valence-corrected chi connectivity index (χ3v) is 6.00. The Balaban J connectivity index is 0.00000320. The molecule has 1 aliphatic heterocycles. The number of benzene rings is 1. The number of guanidine groups is 1. The lowest BCUT2D eigenvalue weighted by molar-refractivity contribution is -0.127. The molecule has 2 unspecified atom stereocenters. The summed E-state index contributed by atoms with van der Waals surface area (Å²) < 4.78 is 0. The summed E-state index contributed by atoms with van der Waals surface area (Å²) in [5, 5.41) is 10.0. The van der Waals surface area contributed by atoms with Gasteiger partial charge in [-0.2, -0.15) is 0 Å². The van der Waals surface area contributed by atoms with Gasteiger partial charge in [0.15, 0.2) is 5.96 Å². The molecule has 30 heavy (non-hydrogen) atoms. The van der Waals surface area contributed by atoms with E-state index in [-0.39, 0.29) is 35.8 Å². The average molecular weight is 527 g/mol. The molecular weight excluding hydrogens is 489 g/mol. The fourth-order valence-corrected chi connectivity index (χ4v) is 4.05. The van der Waals surface area contributed by atoms with Crippen molar-refractivity contribution in [2.24, 2.45) is 10.9 Å². The number of carbonyl (C=O) groups is 1. The first kappa shape index (κ1) is 24.9. The summed E-state index contributed by atoms with van der Waals surface area (Å²) in [6.45, 7) is 8.70. The SMILES string of the molecule is CCNC(=NCCCNC(=O)C1CCC1)NC1CC(C)N(Cc2ccccc2)C1.I. The second kappa shape index (κ2) is 13.1. The summed E-state index contributed by atoms with van der Waals surface area (Å²) in [4.78, 5) is 19.1. The van der Waals surface area contributed by atoms with E-state index in [1.165, 1.54) is 12.0 Å². The van der Waals surface area contributed by atoms with Crippen LogP contribution in [0, 0.1) is 5.92 Å². The fraction of sp³-hybridized carbons (Fsp3) is 0.652. The molecule has 0 bridgehead atoms. The van der Waals surface area contributed by atoms with Gasteiger partial charge in [-0.15, -0.1) is 24.0 Å². The van der Waals surface area contributed by atoms with E-state index in [0.717, 1.165) is 57.8 Å². The van der Waals surface area contributed by atoms with Crippen LogP contribution in [0.5, 0.6) is 0 Å². The zero-order valence-corrected chi connectivity index (χ0v) is 20.7. The molecular formula is C23H38IN5O. The van der Waals surface area contributed by atoms with E-state index in [9.17, 15) is 4.79 Å². The molecule has 3 rings (SSSR count). The van der Waals surface area contributed by atoms with Crippen molar-refractivity contribution in [3.8, 4) is 0 Å². The van der Waals surface area contributed by atoms with Crippen molar-refractivity contribution in [1.29, 1.82) is 0 Å². The predicted molar refractivity (Wildman–Crippen MR) is 134 cm³/mol. The number of rotatable bonds is 9. The quantitative estimate of drug-likeness (QED) is 0.200. The van der Waals surface area contributed by atoms with Crippen LogP contribution >= 0.6 is 24.0 Å². The third kappa shape index (κ3) is 7.72. The van der Waals surface area contributed by atoms with Crippen LogP contribution in [0.4, 0.5) is 0 Å². The van der Waals surface area contributed by atoms with E-state index in [1.807, 2.05) is 0 Å². The molecule has 2 fully saturated rings. The molecule has 7 heteroatoms. The van der Waals surface area contributed by atoms with E-state index in [2.05, 4.69) is 65.0 Å². The van der Waals surface area contributed by atoms with Crippen molar-refractivity contribution in [2.75, 3.05) is 26.2 Å². The average Bonchev–Trinajstić information content (AvgIpc) is 3.00. The van der Waals surface area contributed by atoms with Crippen LogP contribution in [0.25, 0.3) is 0 Å². The van der Waals surface area contributed by atoms with Gasteiger partial charge < -0.3 is 16.0 Å². The highest BCUT2D eigenvalue weighted by Crippen LogP contribution is 2.26. The number of carbonyl (C=O) groups excluding carboxylic acids is 1. The van der Waals surface area contributed by atoms with Crippen molar-refractivity contribution >= 4 is 35.8 Å². The zero-order valence-electron chi connectivity index (χ0n) is 18.4. The van der Waals surface area contributed by atoms with E-state index in [4.69, 9.17) is 4.99 Å². The van der Waals surface area contributed by atoms with Gasteiger partial charge in [0, 0.05) is 50.7 Å². The smallest absolute Gasteiger partial charge is 0.223 e. The van der Waals surface area contributed by atoms with Gasteiger partial charge in [0.2, 0.25) is 5.91 Å². The molecule has 1 aliphatic carbocycles. The van der Waals surface area contributed by atoms with Crippen molar-refractivity contribution in [3.63, 3.8) is 0 Å². The van der Waals surface area contributed by atoms with Gasteiger partial charge in [-0.25, -0.2) is 0 Å². The molecule has 0 radical (unpaired) electrons. The largest absolute Gasteiger partial charge is 0.357 e. The van der Waals surface area contributed by atoms with Crippen LogP contribution in [-0.2, 0) is 11.3 Å². The molecule has 168 valence electrons. The first-order valence-corrected chi connectivity index (χ1v) is 11.3. The number of hydrogen-bond acceptors (Lipinski definition) is 3. The summed E-state index contributed by atoms with van der Waals surface area (Å²) in [6.07, 6.45) is 5.30. The fourth-order valence-electron chi connectivity index (χ4n) is 4.05. The summed E-state index contributed by atoms with van der Waals surface area (Å²) >= 11 is 0. The zero-order chi connectivity index (χ0) is 20.5. The van der Waals surface area contributed by atoms with Crippen molar-refractivity contribution in [1.82, 2.24) is 20.9 Å². The minimum Gasteiger partial charge on any atom is -0.357 e. The topological polar surface area (TPSA) is 68.8 Å². The Hall–Kier alpha value is -1.35. The summed E-state index contributed by atoms with van der Waals surface area (Å²) in [5.41, 5.74) is 1.37. The number of halogens is 1. The van der Waals surface area contributed by atoms with Gasteiger partial charge in [-0.3, -0.25) is 14.7 Å². The molecule has 0 spiro atoms. The minimum absolute atomic E-state index is 0. The van der Waals surface area contributed by atoms with Gasteiger partial charge in [0.05, 0.1) is 0 Å². The summed E-state index contributed by atoms with van der Waals surface area (Å²) in [5.74, 6) is 1.38. The van der Waals surface area contributed by atoms with E-state index < -0.39 is 0 Å². The normalized spacial score (nSPS) is 22.1. The molecule has 2 atom stereocenters. The molecule has 0 aromatic heterocycles. The van der Waals surface area contributed by atoms with Crippen LogP contribution < -0.4 is 16.0 Å². The van der Waals surface area contributed by atoms with Crippen molar-refractivity contribution in [3.05, 3.63) is 35.9 Å². The van der Waals surface area contributed by atoms with Crippen LogP contribution in [0.1, 0.15) is 51.5 Å². The van der Waals surface area contributed by atoms with Crippen LogP contribution in [0.15, 0.2) is 35.3 Å². The van der Waals surface area contributed by atoms with Crippen LogP contribution in [0.2, 0.25) is 0 Å². The number of likely N-dealkylation sites (tertiary alicyclic amines) is 1. The Kier molecular flexibility index (Phi) is 10.9. The second-order valence-corrected chi connectivity index (χ2v) is 8.37. The molecule has 1 amide bonds. The third-order valence-electron chi connectivity index (χ3n) is 6.00. The molecule has 1 aromatic carbocycles. The molecule has 6 nitrogen and oxygen atoms in total. The Bertz CT molecular complexity index is 665. The molecule has 1 saturated heterocycles. The Labute approximate surface area is 198 Å².